The highest BCUT2D eigenvalue weighted by molar-refractivity contribution is 5.67. The Morgan fingerprint density at radius 3 is 2.94 bits per heavy atom. The lowest BCUT2D eigenvalue weighted by Crippen LogP contribution is -2.15. The van der Waals surface area contributed by atoms with E-state index < -0.39 is 0 Å². The van der Waals surface area contributed by atoms with Crippen LogP contribution in [0.5, 0.6) is 0 Å². The first-order chi connectivity index (χ1) is 8.75. The van der Waals surface area contributed by atoms with Crippen LogP contribution in [0.2, 0.25) is 0 Å². The van der Waals surface area contributed by atoms with Crippen molar-refractivity contribution >= 4 is 11.5 Å². The summed E-state index contributed by atoms with van der Waals surface area (Å²) in [5.41, 5.74) is 9.72. The van der Waals surface area contributed by atoms with Gasteiger partial charge in [0, 0.05) is 24.5 Å². The van der Waals surface area contributed by atoms with E-state index in [9.17, 15) is 0 Å². The molecule has 1 aromatic heterocycles. The molecule has 3 heteroatoms. The van der Waals surface area contributed by atoms with Gasteiger partial charge in [0.25, 0.3) is 0 Å². The average molecular weight is 239 g/mol. The summed E-state index contributed by atoms with van der Waals surface area (Å²) in [6.07, 6.45) is 2.93. The Morgan fingerprint density at radius 2 is 2.11 bits per heavy atom. The van der Waals surface area contributed by atoms with E-state index in [1.54, 1.807) is 0 Å². The molecule has 1 atom stereocenters. The van der Waals surface area contributed by atoms with Crippen LogP contribution in [0.3, 0.4) is 0 Å². The lowest BCUT2D eigenvalue weighted by atomic mass is 10.1. The zero-order chi connectivity index (χ0) is 12.5. The molecule has 1 aromatic carbocycles. The van der Waals surface area contributed by atoms with Crippen molar-refractivity contribution in [3.8, 4) is 0 Å². The van der Waals surface area contributed by atoms with E-state index in [2.05, 4.69) is 40.2 Å². The van der Waals surface area contributed by atoms with Gasteiger partial charge in [-0.2, -0.15) is 0 Å². The Balaban J connectivity index is 2.00. The van der Waals surface area contributed by atoms with Gasteiger partial charge in [0.2, 0.25) is 0 Å². The molecule has 1 aliphatic heterocycles. The predicted molar refractivity (Wildman–Crippen MR) is 74.0 cm³/mol. The molecule has 2 N–H and O–H groups in total. The minimum absolute atomic E-state index is 0.0459. The van der Waals surface area contributed by atoms with Crippen molar-refractivity contribution in [1.82, 2.24) is 4.98 Å². The summed E-state index contributed by atoms with van der Waals surface area (Å²) in [6, 6.07) is 12.6. The van der Waals surface area contributed by atoms with Crippen molar-refractivity contribution in [1.29, 1.82) is 0 Å². The maximum Gasteiger partial charge on any atom is 0.133 e. The molecule has 2 heterocycles. The van der Waals surface area contributed by atoms with Crippen molar-refractivity contribution in [3.63, 3.8) is 0 Å². The van der Waals surface area contributed by atoms with Crippen molar-refractivity contribution < 1.29 is 0 Å². The fourth-order valence-corrected chi connectivity index (χ4v) is 2.44. The average Bonchev–Trinajstić information content (AvgIpc) is 2.82. The monoisotopic (exact) mass is 239 g/mol. The van der Waals surface area contributed by atoms with Gasteiger partial charge in [-0.15, -0.1) is 0 Å². The predicted octanol–water partition coefficient (Wildman–Crippen LogP) is 2.80. The number of hydrogen-bond acceptors (Lipinski definition) is 3. The van der Waals surface area contributed by atoms with Crippen LogP contribution in [0.25, 0.3) is 0 Å². The van der Waals surface area contributed by atoms with Gasteiger partial charge in [-0.05, 0) is 42.7 Å². The number of hydrogen-bond donors (Lipinski definition) is 1. The van der Waals surface area contributed by atoms with E-state index >= 15 is 0 Å². The topological polar surface area (TPSA) is 42.1 Å². The van der Waals surface area contributed by atoms with E-state index in [1.165, 1.54) is 11.3 Å². The molecule has 2 aromatic rings. The highest BCUT2D eigenvalue weighted by Gasteiger charge is 2.20. The Bertz CT molecular complexity index is 563. The van der Waals surface area contributed by atoms with E-state index in [0.29, 0.717) is 0 Å². The number of anilines is 2. The van der Waals surface area contributed by atoms with Crippen LogP contribution in [0.15, 0.2) is 42.6 Å². The highest BCUT2D eigenvalue weighted by atomic mass is 15.2. The molecule has 92 valence electrons. The zero-order valence-corrected chi connectivity index (χ0v) is 10.5. The number of pyridine rings is 1. The number of para-hydroxylation sites is 1. The van der Waals surface area contributed by atoms with Gasteiger partial charge in [0.05, 0.1) is 0 Å². The molecular formula is C15H17N3. The molecule has 1 aliphatic rings. The molecule has 0 amide bonds. The summed E-state index contributed by atoms with van der Waals surface area (Å²) in [6.45, 7) is 2.99. The second kappa shape index (κ2) is 4.42. The van der Waals surface area contributed by atoms with Crippen LogP contribution in [0, 0.1) is 0 Å². The molecule has 3 rings (SSSR count). The summed E-state index contributed by atoms with van der Waals surface area (Å²) in [7, 11) is 0. The molecule has 18 heavy (non-hydrogen) atoms. The molecule has 0 saturated carbocycles. The first-order valence-electron chi connectivity index (χ1n) is 6.32. The van der Waals surface area contributed by atoms with Crippen molar-refractivity contribution in [2.24, 2.45) is 5.73 Å². The largest absolute Gasteiger partial charge is 0.326 e. The van der Waals surface area contributed by atoms with Crippen LogP contribution < -0.4 is 10.6 Å². The van der Waals surface area contributed by atoms with Crippen LogP contribution in [0.1, 0.15) is 24.1 Å². The molecule has 0 bridgehead atoms. The second-order valence-corrected chi connectivity index (χ2v) is 4.77. The maximum absolute atomic E-state index is 5.93. The van der Waals surface area contributed by atoms with Crippen molar-refractivity contribution in [2.45, 2.75) is 19.4 Å². The molecular weight excluding hydrogens is 222 g/mol. The van der Waals surface area contributed by atoms with E-state index in [-0.39, 0.29) is 6.04 Å². The third kappa shape index (κ3) is 1.87. The Morgan fingerprint density at radius 1 is 1.28 bits per heavy atom. The van der Waals surface area contributed by atoms with Gasteiger partial charge < -0.3 is 10.6 Å². The molecule has 0 aliphatic carbocycles. The minimum atomic E-state index is 0.0459. The highest BCUT2D eigenvalue weighted by Crippen LogP contribution is 2.33. The number of benzene rings is 1. The summed E-state index contributed by atoms with van der Waals surface area (Å²) in [4.78, 5) is 6.74. The van der Waals surface area contributed by atoms with Gasteiger partial charge >= 0.3 is 0 Å². The maximum atomic E-state index is 5.93. The molecule has 0 radical (unpaired) electrons. The smallest absolute Gasteiger partial charge is 0.133 e. The number of rotatable bonds is 2. The number of aromatic nitrogens is 1. The van der Waals surface area contributed by atoms with Crippen molar-refractivity contribution in [3.05, 3.63) is 53.7 Å². The minimum Gasteiger partial charge on any atom is -0.326 e. The normalized spacial score (nSPS) is 15.6. The van der Waals surface area contributed by atoms with Gasteiger partial charge in [-0.3, -0.25) is 0 Å². The molecule has 3 nitrogen and oxygen atoms in total. The van der Waals surface area contributed by atoms with Crippen LogP contribution in [0.4, 0.5) is 11.5 Å². The molecule has 0 fully saturated rings. The molecule has 0 saturated heterocycles. The van der Waals surface area contributed by atoms with Crippen LogP contribution in [-0.2, 0) is 6.42 Å². The van der Waals surface area contributed by atoms with Gasteiger partial charge in [-0.1, -0.05) is 18.2 Å². The van der Waals surface area contributed by atoms with Gasteiger partial charge in [0.15, 0.2) is 0 Å². The first kappa shape index (κ1) is 11.2. The van der Waals surface area contributed by atoms with E-state index in [4.69, 9.17) is 5.73 Å². The molecule has 0 spiro atoms. The summed E-state index contributed by atoms with van der Waals surface area (Å²) in [5.74, 6) is 0.995. The zero-order valence-electron chi connectivity index (χ0n) is 10.5. The third-order valence-electron chi connectivity index (χ3n) is 3.46. The molecule has 1 unspecified atom stereocenters. The third-order valence-corrected chi connectivity index (χ3v) is 3.46. The van der Waals surface area contributed by atoms with Gasteiger partial charge in [0.1, 0.15) is 5.82 Å². The summed E-state index contributed by atoms with van der Waals surface area (Å²) in [5, 5.41) is 0. The lowest BCUT2D eigenvalue weighted by Gasteiger charge is -2.19. The van der Waals surface area contributed by atoms with E-state index in [1.807, 2.05) is 19.2 Å². The van der Waals surface area contributed by atoms with Gasteiger partial charge in [-0.25, -0.2) is 4.98 Å². The number of nitrogens with zero attached hydrogens (tertiary/aromatic N) is 2. The van der Waals surface area contributed by atoms with Crippen LogP contribution >= 0.6 is 0 Å². The van der Waals surface area contributed by atoms with E-state index in [0.717, 1.165) is 24.3 Å². The fourth-order valence-electron chi connectivity index (χ4n) is 2.44. The Hall–Kier alpha value is -1.87. The number of nitrogens with two attached hydrogens (primary N) is 1. The fraction of sp³-hybridized carbons (Fsp3) is 0.267. The SMILES string of the molecule is CC(N)c1ccnc(N2CCc3ccccc32)c1. The summed E-state index contributed by atoms with van der Waals surface area (Å²) >= 11 is 0. The summed E-state index contributed by atoms with van der Waals surface area (Å²) < 4.78 is 0. The number of fused-ring (bicyclic) bond motifs is 1. The quantitative estimate of drug-likeness (QED) is 0.876. The lowest BCUT2D eigenvalue weighted by molar-refractivity contribution is 0.813. The van der Waals surface area contributed by atoms with Crippen molar-refractivity contribution in [2.75, 3.05) is 11.4 Å². The first-order valence-corrected chi connectivity index (χ1v) is 6.32. The standard InChI is InChI=1S/C15H17N3/c1-11(16)13-6-8-17-15(10-13)18-9-7-12-4-2-3-5-14(12)18/h2-6,8,10-11H,7,9,16H2,1H3. The Labute approximate surface area is 107 Å². The van der Waals surface area contributed by atoms with Crippen LogP contribution in [-0.4, -0.2) is 11.5 Å². The Kier molecular flexibility index (Phi) is 2.76. The second-order valence-electron chi connectivity index (χ2n) is 4.77.